The number of quaternary nitrogens is 1. The van der Waals surface area contributed by atoms with Crippen LogP contribution < -0.4 is 17.3 Å². The third-order valence-electron chi connectivity index (χ3n) is 3.14. The van der Waals surface area contributed by atoms with Crippen LogP contribution in [0.2, 0.25) is 0 Å². The molecule has 6 heteroatoms. The molecule has 1 aliphatic rings. The maximum Gasteiger partial charge on any atom is 0.338 e. The second-order valence-electron chi connectivity index (χ2n) is 4.79. The fraction of sp³-hybridized carbons (Fsp3) is 0.500. The summed E-state index contributed by atoms with van der Waals surface area (Å²) < 4.78 is 23.6. The summed E-state index contributed by atoms with van der Waals surface area (Å²) in [5, 5.41) is 0. The SMILES string of the molecule is CC(C[NH+]1CCOCC1)OC(=O)c1cccc(F)c1.[Cl-]. The maximum absolute atomic E-state index is 13.0. The van der Waals surface area contributed by atoms with Gasteiger partial charge in [0.1, 0.15) is 31.6 Å². The molecule has 1 atom stereocenters. The van der Waals surface area contributed by atoms with E-state index in [9.17, 15) is 9.18 Å². The van der Waals surface area contributed by atoms with Crippen LogP contribution in [0.5, 0.6) is 0 Å². The minimum absolute atomic E-state index is 0. The van der Waals surface area contributed by atoms with Crippen LogP contribution in [0, 0.1) is 5.82 Å². The first-order valence-electron chi connectivity index (χ1n) is 6.53. The summed E-state index contributed by atoms with van der Waals surface area (Å²) in [7, 11) is 0. The Morgan fingerprint density at radius 3 is 2.80 bits per heavy atom. The summed E-state index contributed by atoms with van der Waals surface area (Å²) in [5.74, 6) is -0.902. The molecule has 1 heterocycles. The number of rotatable bonds is 4. The van der Waals surface area contributed by atoms with E-state index in [0.717, 1.165) is 32.8 Å². The molecule has 0 aromatic heterocycles. The van der Waals surface area contributed by atoms with Crippen LogP contribution >= 0.6 is 0 Å². The van der Waals surface area contributed by atoms with Crippen molar-refractivity contribution in [1.29, 1.82) is 0 Å². The molecular formula is C14H19ClFNO3. The third-order valence-corrected chi connectivity index (χ3v) is 3.14. The first-order valence-corrected chi connectivity index (χ1v) is 6.53. The lowest BCUT2D eigenvalue weighted by atomic mass is 10.2. The lowest BCUT2D eigenvalue weighted by Crippen LogP contribution is -3.15. The molecule has 1 aliphatic heterocycles. The number of carbonyl (C=O) groups is 1. The Morgan fingerprint density at radius 2 is 2.15 bits per heavy atom. The van der Waals surface area contributed by atoms with Gasteiger partial charge in [0.05, 0.1) is 18.8 Å². The minimum atomic E-state index is -0.473. The fourth-order valence-corrected chi connectivity index (χ4v) is 2.18. The quantitative estimate of drug-likeness (QED) is 0.615. The zero-order chi connectivity index (χ0) is 13.7. The first kappa shape index (κ1) is 16.9. The number of carbonyl (C=O) groups excluding carboxylic acids is 1. The molecule has 0 radical (unpaired) electrons. The number of halogens is 2. The second-order valence-corrected chi connectivity index (χ2v) is 4.79. The van der Waals surface area contributed by atoms with Crippen LogP contribution in [-0.2, 0) is 9.47 Å². The van der Waals surface area contributed by atoms with Crippen molar-refractivity contribution in [2.75, 3.05) is 32.8 Å². The van der Waals surface area contributed by atoms with E-state index in [-0.39, 0.29) is 24.1 Å². The summed E-state index contributed by atoms with van der Waals surface area (Å²) in [6.45, 7) is 5.98. The molecule has 1 saturated heterocycles. The molecular weight excluding hydrogens is 285 g/mol. The minimum Gasteiger partial charge on any atom is -1.00 e. The Kier molecular flexibility index (Phi) is 6.91. The number of morpholine rings is 1. The highest BCUT2D eigenvalue weighted by Crippen LogP contribution is 2.06. The van der Waals surface area contributed by atoms with Crippen molar-refractivity contribution in [3.05, 3.63) is 35.6 Å². The zero-order valence-corrected chi connectivity index (χ0v) is 12.2. The smallest absolute Gasteiger partial charge is 0.338 e. The molecule has 0 spiro atoms. The van der Waals surface area contributed by atoms with Crippen LogP contribution in [0.4, 0.5) is 4.39 Å². The summed E-state index contributed by atoms with van der Waals surface area (Å²) >= 11 is 0. The summed E-state index contributed by atoms with van der Waals surface area (Å²) in [6.07, 6.45) is -0.191. The molecule has 112 valence electrons. The fourth-order valence-electron chi connectivity index (χ4n) is 2.18. The standard InChI is InChI=1S/C14H18FNO3.ClH/c1-11(10-16-5-7-18-8-6-16)19-14(17)12-3-2-4-13(15)9-12;/h2-4,9,11H,5-8,10H2,1H3;1H. The predicted octanol–water partition coefficient (Wildman–Crippen LogP) is -2.71. The average molecular weight is 304 g/mol. The van der Waals surface area contributed by atoms with E-state index in [0.29, 0.717) is 0 Å². The normalized spacial score (nSPS) is 17.1. The van der Waals surface area contributed by atoms with Gasteiger partial charge >= 0.3 is 5.97 Å². The second kappa shape index (κ2) is 8.19. The van der Waals surface area contributed by atoms with Crippen molar-refractivity contribution in [1.82, 2.24) is 0 Å². The molecule has 0 aliphatic carbocycles. The van der Waals surface area contributed by atoms with E-state index in [2.05, 4.69) is 0 Å². The van der Waals surface area contributed by atoms with Gasteiger partial charge in [-0.2, -0.15) is 0 Å². The Morgan fingerprint density at radius 1 is 1.45 bits per heavy atom. The molecule has 0 amide bonds. The molecule has 1 fully saturated rings. The van der Waals surface area contributed by atoms with Gasteiger partial charge in [-0.05, 0) is 25.1 Å². The van der Waals surface area contributed by atoms with Crippen LogP contribution in [0.15, 0.2) is 24.3 Å². The Bertz CT molecular complexity index is 438. The Hall–Kier alpha value is -1.17. The molecule has 1 aromatic rings. The highest BCUT2D eigenvalue weighted by atomic mass is 35.5. The highest BCUT2D eigenvalue weighted by molar-refractivity contribution is 5.89. The maximum atomic E-state index is 13.0. The van der Waals surface area contributed by atoms with Crippen molar-refractivity contribution < 1.29 is 36.0 Å². The van der Waals surface area contributed by atoms with Crippen molar-refractivity contribution in [3.63, 3.8) is 0 Å². The van der Waals surface area contributed by atoms with E-state index in [1.165, 1.54) is 23.1 Å². The topological polar surface area (TPSA) is 40.0 Å². The summed E-state index contributed by atoms with van der Waals surface area (Å²) in [5.41, 5.74) is 0.254. The zero-order valence-electron chi connectivity index (χ0n) is 11.4. The lowest BCUT2D eigenvalue weighted by molar-refractivity contribution is -0.910. The van der Waals surface area contributed by atoms with Crippen LogP contribution in [-0.4, -0.2) is 44.9 Å². The Labute approximate surface area is 124 Å². The molecule has 1 unspecified atom stereocenters. The molecule has 0 bridgehead atoms. The van der Waals surface area contributed by atoms with E-state index >= 15 is 0 Å². The van der Waals surface area contributed by atoms with Crippen LogP contribution in [0.1, 0.15) is 17.3 Å². The number of ether oxygens (including phenoxy) is 2. The first-order chi connectivity index (χ1) is 9.15. The van der Waals surface area contributed by atoms with Crippen molar-refractivity contribution >= 4 is 5.97 Å². The number of esters is 1. The molecule has 2 rings (SSSR count). The monoisotopic (exact) mass is 303 g/mol. The van der Waals surface area contributed by atoms with Crippen LogP contribution in [0.25, 0.3) is 0 Å². The van der Waals surface area contributed by atoms with Gasteiger partial charge < -0.3 is 26.8 Å². The van der Waals surface area contributed by atoms with Gasteiger partial charge in [-0.15, -0.1) is 0 Å². The van der Waals surface area contributed by atoms with Crippen LogP contribution in [0.3, 0.4) is 0 Å². The highest BCUT2D eigenvalue weighted by Gasteiger charge is 2.20. The molecule has 1 N–H and O–H groups in total. The average Bonchev–Trinajstić information content (AvgIpc) is 2.39. The lowest BCUT2D eigenvalue weighted by Gasteiger charge is -2.26. The molecule has 1 aromatic carbocycles. The van der Waals surface area contributed by atoms with Crippen molar-refractivity contribution in [2.45, 2.75) is 13.0 Å². The van der Waals surface area contributed by atoms with Gasteiger partial charge in [-0.25, -0.2) is 9.18 Å². The largest absolute Gasteiger partial charge is 1.00 e. The number of hydrogen-bond acceptors (Lipinski definition) is 3. The van der Waals surface area contributed by atoms with Gasteiger partial charge in [0.2, 0.25) is 0 Å². The summed E-state index contributed by atoms with van der Waals surface area (Å²) in [6, 6.07) is 5.55. The molecule has 0 saturated carbocycles. The van der Waals surface area contributed by atoms with Gasteiger partial charge in [0.25, 0.3) is 0 Å². The van der Waals surface area contributed by atoms with Gasteiger partial charge in [-0.1, -0.05) is 6.07 Å². The van der Waals surface area contributed by atoms with E-state index in [1.807, 2.05) is 6.92 Å². The number of nitrogens with one attached hydrogen (secondary N) is 1. The van der Waals surface area contributed by atoms with Crippen molar-refractivity contribution in [2.24, 2.45) is 0 Å². The van der Waals surface area contributed by atoms with E-state index in [1.54, 1.807) is 6.07 Å². The number of hydrogen-bond donors (Lipinski definition) is 1. The summed E-state index contributed by atoms with van der Waals surface area (Å²) in [4.78, 5) is 13.2. The van der Waals surface area contributed by atoms with Gasteiger partial charge in [-0.3, -0.25) is 0 Å². The van der Waals surface area contributed by atoms with Gasteiger partial charge in [0, 0.05) is 0 Å². The van der Waals surface area contributed by atoms with Gasteiger partial charge in [0.15, 0.2) is 0 Å². The predicted molar refractivity (Wildman–Crippen MR) is 67.7 cm³/mol. The third kappa shape index (κ3) is 5.07. The van der Waals surface area contributed by atoms with Crippen molar-refractivity contribution in [3.8, 4) is 0 Å². The molecule has 20 heavy (non-hydrogen) atoms. The van der Waals surface area contributed by atoms with E-state index < -0.39 is 11.8 Å². The van der Waals surface area contributed by atoms with E-state index in [4.69, 9.17) is 9.47 Å². The Balaban J connectivity index is 0.00000200. The number of benzene rings is 1. The molecule has 4 nitrogen and oxygen atoms in total.